The van der Waals surface area contributed by atoms with E-state index in [1.807, 2.05) is 24.3 Å². The molecule has 3 aliphatic rings. The van der Waals surface area contributed by atoms with Gasteiger partial charge >= 0.3 is 5.97 Å². The van der Waals surface area contributed by atoms with E-state index in [1.54, 1.807) is 10.6 Å². The van der Waals surface area contributed by atoms with Gasteiger partial charge in [0, 0.05) is 53.6 Å². The fraction of sp³-hybridized carbons (Fsp3) is 0.346. The number of fused-ring (bicyclic) bond motifs is 2. The summed E-state index contributed by atoms with van der Waals surface area (Å²) < 4.78 is 21.0. The summed E-state index contributed by atoms with van der Waals surface area (Å²) in [6, 6.07) is 8.15. The molecule has 1 N–H and O–H groups in total. The molecular weight excluding hydrogens is 522 g/mol. The Labute approximate surface area is 222 Å². The summed E-state index contributed by atoms with van der Waals surface area (Å²) in [5.41, 5.74) is 3.74. The van der Waals surface area contributed by atoms with E-state index in [1.165, 1.54) is 11.2 Å². The minimum absolute atomic E-state index is 0.0364. The van der Waals surface area contributed by atoms with Crippen LogP contribution in [0.15, 0.2) is 36.7 Å². The molecule has 0 saturated carbocycles. The number of carboxylic acid groups (broad SMARTS) is 1. The lowest BCUT2D eigenvalue weighted by Crippen LogP contribution is -2.36. The van der Waals surface area contributed by atoms with Gasteiger partial charge < -0.3 is 24.2 Å². The van der Waals surface area contributed by atoms with Crippen molar-refractivity contribution < 1.29 is 23.8 Å². The van der Waals surface area contributed by atoms with E-state index in [2.05, 4.69) is 9.88 Å². The summed E-state index contributed by atoms with van der Waals surface area (Å²) in [5.74, 6) is -1.80. The Morgan fingerprint density at radius 1 is 1.19 bits per heavy atom. The number of carbonyl (C=O) groups excluding carboxylic acids is 1. The number of carbonyl (C=O) groups is 2. The molecule has 3 aromatic rings. The highest BCUT2D eigenvalue weighted by Gasteiger charge is 2.43. The molecule has 4 heterocycles. The molecular formula is C26H23Cl2FN4O4. The van der Waals surface area contributed by atoms with E-state index < -0.39 is 24.1 Å². The van der Waals surface area contributed by atoms with Crippen LogP contribution in [0.4, 0.5) is 10.1 Å². The minimum atomic E-state index is -1.38. The zero-order chi connectivity index (χ0) is 25.8. The second-order valence-corrected chi connectivity index (χ2v) is 10.2. The van der Waals surface area contributed by atoms with Crippen molar-refractivity contribution in [1.29, 1.82) is 0 Å². The van der Waals surface area contributed by atoms with Crippen LogP contribution >= 0.6 is 23.2 Å². The molecule has 8 nitrogen and oxygen atoms in total. The third-order valence-corrected chi connectivity index (χ3v) is 8.00. The molecule has 1 saturated heterocycles. The second-order valence-electron chi connectivity index (χ2n) is 9.42. The number of aromatic nitrogens is 2. The van der Waals surface area contributed by atoms with E-state index in [4.69, 9.17) is 27.9 Å². The van der Waals surface area contributed by atoms with E-state index in [0.717, 1.165) is 24.3 Å². The highest BCUT2D eigenvalue weighted by Crippen LogP contribution is 2.44. The smallest absolute Gasteiger partial charge is 0.332 e. The summed E-state index contributed by atoms with van der Waals surface area (Å²) >= 11 is 13.4. The number of anilines is 1. The third kappa shape index (κ3) is 4.05. The molecule has 0 aliphatic carbocycles. The molecule has 0 spiro atoms. The van der Waals surface area contributed by atoms with Crippen molar-refractivity contribution in [2.45, 2.75) is 31.7 Å². The lowest BCUT2D eigenvalue weighted by molar-refractivity contribution is -0.142. The third-order valence-electron chi connectivity index (χ3n) is 7.27. The predicted molar refractivity (Wildman–Crippen MR) is 136 cm³/mol. The van der Waals surface area contributed by atoms with Crippen LogP contribution in [0, 0.1) is 0 Å². The molecule has 37 heavy (non-hydrogen) atoms. The van der Waals surface area contributed by atoms with Crippen LogP contribution in [-0.4, -0.2) is 63.9 Å². The van der Waals surface area contributed by atoms with Crippen molar-refractivity contribution in [3.63, 3.8) is 0 Å². The number of benzene rings is 2. The molecule has 3 aliphatic heterocycles. The van der Waals surface area contributed by atoms with E-state index in [-0.39, 0.29) is 35.8 Å². The summed E-state index contributed by atoms with van der Waals surface area (Å²) in [5, 5.41) is 10.6. The Kier molecular flexibility index (Phi) is 6.09. The first-order valence-corrected chi connectivity index (χ1v) is 12.7. The van der Waals surface area contributed by atoms with Gasteiger partial charge in [-0.3, -0.25) is 4.79 Å². The molecule has 2 atom stereocenters. The number of hydrogen-bond donors (Lipinski definition) is 1. The Bertz CT molecular complexity index is 1400. The maximum absolute atomic E-state index is 14.0. The number of aliphatic carboxylic acids is 1. The molecule has 0 bridgehead atoms. The number of ether oxygens (including phenoxy) is 1. The second kappa shape index (κ2) is 9.31. The van der Waals surface area contributed by atoms with Gasteiger partial charge in [0.25, 0.3) is 5.91 Å². The van der Waals surface area contributed by atoms with Crippen molar-refractivity contribution in [1.82, 2.24) is 14.5 Å². The minimum Gasteiger partial charge on any atom is -0.479 e. The Morgan fingerprint density at radius 2 is 1.92 bits per heavy atom. The standard InChI is InChI=1S/C26H23Cl2FN4O4/c27-19-10-17(14-1-3-16(4-2-14)31-5-7-37-8-6-31)22(28)21-18(19)12-33(25(21)34)24(26(35)36)23-20-9-15(29)11-32(20)13-30-23/h1-4,10,13,15,24H,5-9,11-12H2,(H,35,36)/t15-,24+/m0/s1. The number of morpholine rings is 1. The lowest BCUT2D eigenvalue weighted by Gasteiger charge is -2.29. The van der Waals surface area contributed by atoms with Gasteiger partial charge in [-0.25, -0.2) is 14.2 Å². The van der Waals surface area contributed by atoms with Gasteiger partial charge in [0.15, 0.2) is 6.04 Å². The number of imidazole rings is 1. The largest absolute Gasteiger partial charge is 0.479 e. The maximum Gasteiger partial charge on any atom is 0.332 e. The summed E-state index contributed by atoms with van der Waals surface area (Å²) in [6.07, 6.45) is 0.367. The van der Waals surface area contributed by atoms with Crippen LogP contribution in [0.5, 0.6) is 0 Å². The number of nitrogens with zero attached hydrogens (tertiary/aromatic N) is 4. The number of hydrogen-bond acceptors (Lipinski definition) is 5. The number of carboxylic acids is 1. The van der Waals surface area contributed by atoms with Crippen LogP contribution in [0.1, 0.15) is 33.4 Å². The topological polar surface area (TPSA) is 87.9 Å². The SMILES string of the molecule is O=C(O)[C@@H](c1ncn2c1C[C@H](F)C2)N1Cc2c(Cl)cc(-c3ccc(N4CCOCC4)cc3)c(Cl)c2C1=O. The van der Waals surface area contributed by atoms with Gasteiger partial charge in [-0.05, 0) is 23.8 Å². The first-order chi connectivity index (χ1) is 17.8. The average molecular weight is 545 g/mol. The van der Waals surface area contributed by atoms with Gasteiger partial charge in [0.05, 0.1) is 42.4 Å². The predicted octanol–water partition coefficient (Wildman–Crippen LogP) is 4.37. The Balaban J connectivity index is 1.34. The molecule has 192 valence electrons. The van der Waals surface area contributed by atoms with Crippen molar-refractivity contribution >= 4 is 40.8 Å². The van der Waals surface area contributed by atoms with E-state index >= 15 is 0 Å². The van der Waals surface area contributed by atoms with Gasteiger partial charge in [0.1, 0.15) is 6.17 Å². The summed E-state index contributed by atoms with van der Waals surface area (Å²) in [6.45, 7) is 3.07. The van der Waals surface area contributed by atoms with E-state index in [0.29, 0.717) is 35.1 Å². The van der Waals surface area contributed by atoms with Crippen LogP contribution in [0.2, 0.25) is 10.0 Å². The highest BCUT2D eigenvalue weighted by atomic mass is 35.5. The average Bonchev–Trinajstić information content (AvgIpc) is 3.55. The molecule has 1 aromatic heterocycles. The van der Waals surface area contributed by atoms with Crippen molar-refractivity contribution in [2.75, 3.05) is 31.2 Å². The van der Waals surface area contributed by atoms with Crippen molar-refractivity contribution in [2.24, 2.45) is 0 Å². The monoisotopic (exact) mass is 544 g/mol. The molecule has 0 unspecified atom stereocenters. The van der Waals surface area contributed by atoms with Crippen LogP contribution in [0.25, 0.3) is 11.1 Å². The fourth-order valence-electron chi connectivity index (χ4n) is 5.44. The zero-order valence-electron chi connectivity index (χ0n) is 19.7. The van der Waals surface area contributed by atoms with Crippen molar-refractivity contribution in [3.05, 3.63) is 69.2 Å². The zero-order valence-corrected chi connectivity index (χ0v) is 21.2. The molecule has 1 amide bonds. The lowest BCUT2D eigenvalue weighted by atomic mass is 9.99. The van der Waals surface area contributed by atoms with Crippen molar-refractivity contribution in [3.8, 4) is 11.1 Å². The van der Waals surface area contributed by atoms with Crippen LogP contribution in [-0.2, 0) is 29.0 Å². The molecule has 2 aromatic carbocycles. The normalized spacial score (nSPS) is 19.8. The Hall–Kier alpha value is -3.14. The number of amides is 1. The fourth-order valence-corrected chi connectivity index (χ4v) is 6.06. The van der Waals surface area contributed by atoms with Crippen LogP contribution in [0.3, 0.4) is 0 Å². The summed E-state index contributed by atoms with van der Waals surface area (Å²) in [4.78, 5) is 33.6. The first-order valence-electron chi connectivity index (χ1n) is 12.0. The first kappa shape index (κ1) is 24.2. The molecule has 1 fully saturated rings. The van der Waals surface area contributed by atoms with Crippen LogP contribution < -0.4 is 4.90 Å². The quantitative estimate of drug-likeness (QED) is 0.513. The maximum atomic E-state index is 14.0. The van der Waals surface area contributed by atoms with Gasteiger partial charge in [0.2, 0.25) is 0 Å². The number of halogens is 3. The van der Waals surface area contributed by atoms with Gasteiger partial charge in [-0.15, -0.1) is 0 Å². The number of rotatable bonds is 5. The van der Waals surface area contributed by atoms with Gasteiger partial charge in [-0.1, -0.05) is 35.3 Å². The van der Waals surface area contributed by atoms with E-state index in [9.17, 15) is 19.1 Å². The highest BCUT2D eigenvalue weighted by molar-refractivity contribution is 6.39. The molecule has 6 rings (SSSR count). The number of alkyl halides is 1. The van der Waals surface area contributed by atoms with Gasteiger partial charge in [-0.2, -0.15) is 0 Å². The Morgan fingerprint density at radius 3 is 2.62 bits per heavy atom. The molecule has 0 radical (unpaired) electrons. The molecule has 11 heteroatoms. The summed E-state index contributed by atoms with van der Waals surface area (Å²) in [7, 11) is 0.